The quantitative estimate of drug-likeness (QED) is 0.617. The summed E-state index contributed by atoms with van der Waals surface area (Å²) in [5, 5.41) is 5.51. The van der Waals surface area contributed by atoms with E-state index in [0.29, 0.717) is 12.0 Å². The first kappa shape index (κ1) is 24.9. The molecule has 2 N–H and O–H groups in total. The van der Waals surface area contributed by atoms with Gasteiger partial charge in [-0.3, -0.25) is 19.4 Å². The number of nitrogens with zero attached hydrogens (tertiary/aromatic N) is 2. The Bertz CT molecular complexity index is 997. The number of aromatic nitrogens is 1. The molecule has 0 aliphatic carbocycles. The Hall–Kier alpha value is -3.75. The molecule has 1 unspecified atom stereocenters. The number of benzene rings is 1. The Morgan fingerprint density at radius 2 is 1.82 bits per heavy atom. The molecule has 3 rings (SSSR count). The van der Waals surface area contributed by atoms with Crippen molar-refractivity contribution < 1.29 is 23.9 Å². The van der Waals surface area contributed by atoms with E-state index in [-0.39, 0.29) is 43.7 Å². The lowest BCUT2D eigenvalue weighted by atomic mass is 10.00. The number of hydrogen-bond acceptors (Lipinski definition) is 6. The summed E-state index contributed by atoms with van der Waals surface area (Å²) >= 11 is 0. The molecule has 1 fully saturated rings. The van der Waals surface area contributed by atoms with Crippen LogP contribution in [-0.4, -0.2) is 58.7 Å². The minimum atomic E-state index is -0.790. The van der Waals surface area contributed by atoms with Gasteiger partial charge < -0.3 is 20.3 Å². The predicted molar refractivity (Wildman–Crippen MR) is 125 cm³/mol. The van der Waals surface area contributed by atoms with Crippen molar-refractivity contribution in [2.24, 2.45) is 5.92 Å². The summed E-state index contributed by atoms with van der Waals surface area (Å²) < 4.78 is 5.30. The van der Waals surface area contributed by atoms with Crippen LogP contribution in [-0.2, 0) is 20.9 Å². The molecule has 9 heteroatoms. The average Bonchev–Trinajstić information content (AvgIpc) is 2.84. The minimum Gasteiger partial charge on any atom is -0.445 e. The summed E-state index contributed by atoms with van der Waals surface area (Å²) in [6, 6.07) is 10.9. The maximum absolute atomic E-state index is 12.9. The third-order valence-corrected chi connectivity index (χ3v) is 5.47. The standard InChI is InChI=1S/C25H30N4O5/c1-17(2)14-21(28-23(31)19-8-11-26-12-9-19)24(32)27-20-10-13-29(15-22(20)30)25(33)34-16-18-6-4-3-5-7-18/h3-9,11-12,17,20-21H,10,13-16H2,1-2H3,(H,27,32)(H,28,31)/t20?,21-/m0/s1. The van der Waals surface area contributed by atoms with Gasteiger partial charge in [0.1, 0.15) is 12.6 Å². The lowest BCUT2D eigenvalue weighted by molar-refractivity contribution is -0.131. The van der Waals surface area contributed by atoms with Gasteiger partial charge in [0.25, 0.3) is 5.91 Å². The number of carbonyl (C=O) groups excluding carboxylic acids is 4. The smallest absolute Gasteiger partial charge is 0.410 e. The molecule has 1 aromatic carbocycles. The number of rotatable bonds is 8. The lowest BCUT2D eigenvalue weighted by Crippen LogP contribution is -2.57. The SMILES string of the molecule is CC(C)C[C@H](NC(=O)c1ccncc1)C(=O)NC1CCN(C(=O)OCc2ccccc2)CC1=O. The number of hydrogen-bond donors (Lipinski definition) is 2. The molecule has 34 heavy (non-hydrogen) atoms. The second-order valence-corrected chi connectivity index (χ2v) is 8.67. The normalized spacial score (nSPS) is 16.6. The van der Waals surface area contributed by atoms with Gasteiger partial charge in [0.15, 0.2) is 5.78 Å². The number of nitrogens with one attached hydrogen (secondary N) is 2. The minimum absolute atomic E-state index is 0.124. The topological polar surface area (TPSA) is 118 Å². The van der Waals surface area contributed by atoms with Crippen molar-refractivity contribution in [3.63, 3.8) is 0 Å². The lowest BCUT2D eigenvalue weighted by Gasteiger charge is -2.31. The molecule has 2 atom stereocenters. The van der Waals surface area contributed by atoms with E-state index in [1.54, 1.807) is 12.1 Å². The molecule has 1 aliphatic heterocycles. The molecule has 0 saturated carbocycles. The first-order valence-corrected chi connectivity index (χ1v) is 11.3. The van der Waals surface area contributed by atoms with Gasteiger partial charge >= 0.3 is 6.09 Å². The van der Waals surface area contributed by atoms with E-state index in [0.717, 1.165) is 5.56 Å². The van der Waals surface area contributed by atoms with Crippen LogP contribution in [0, 0.1) is 5.92 Å². The Morgan fingerprint density at radius 3 is 2.47 bits per heavy atom. The zero-order chi connectivity index (χ0) is 24.5. The third kappa shape index (κ3) is 7.13. The van der Waals surface area contributed by atoms with Crippen LogP contribution in [0.1, 0.15) is 42.6 Å². The summed E-state index contributed by atoms with van der Waals surface area (Å²) in [4.78, 5) is 55.7. The van der Waals surface area contributed by atoms with Crippen LogP contribution >= 0.6 is 0 Å². The zero-order valence-corrected chi connectivity index (χ0v) is 19.4. The molecule has 3 amide bonds. The van der Waals surface area contributed by atoms with Crippen LogP contribution < -0.4 is 10.6 Å². The number of amides is 3. The van der Waals surface area contributed by atoms with E-state index >= 15 is 0 Å². The fourth-order valence-electron chi connectivity index (χ4n) is 3.66. The average molecular weight is 467 g/mol. The number of Topliss-reactive ketones (excluding diaryl/α,β-unsaturated/α-hetero) is 1. The highest BCUT2D eigenvalue weighted by molar-refractivity contribution is 5.99. The molecule has 9 nitrogen and oxygen atoms in total. The van der Waals surface area contributed by atoms with E-state index in [1.807, 2.05) is 44.2 Å². The summed E-state index contributed by atoms with van der Waals surface area (Å²) in [7, 11) is 0. The van der Waals surface area contributed by atoms with Gasteiger partial charge in [0.05, 0.1) is 12.6 Å². The van der Waals surface area contributed by atoms with Crippen LogP contribution in [0.2, 0.25) is 0 Å². The maximum Gasteiger partial charge on any atom is 0.410 e. The predicted octanol–water partition coefficient (Wildman–Crippen LogP) is 2.32. The largest absolute Gasteiger partial charge is 0.445 e. The van der Waals surface area contributed by atoms with Gasteiger partial charge in [-0.15, -0.1) is 0 Å². The Morgan fingerprint density at radius 1 is 1.12 bits per heavy atom. The molecule has 0 bridgehead atoms. The molecule has 1 aliphatic rings. The van der Waals surface area contributed by atoms with Crippen molar-refractivity contribution in [2.75, 3.05) is 13.1 Å². The van der Waals surface area contributed by atoms with Gasteiger partial charge in [-0.1, -0.05) is 44.2 Å². The fourth-order valence-corrected chi connectivity index (χ4v) is 3.66. The van der Waals surface area contributed by atoms with Crippen molar-refractivity contribution in [1.82, 2.24) is 20.5 Å². The Kier molecular flexibility index (Phi) is 8.73. The maximum atomic E-state index is 12.9. The van der Waals surface area contributed by atoms with Crippen molar-refractivity contribution in [3.05, 3.63) is 66.0 Å². The summed E-state index contributed by atoms with van der Waals surface area (Å²) in [6.07, 6.45) is 3.14. The van der Waals surface area contributed by atoms with Crippen molar-refractivity contribution >= 4 is 23.7 Å². The van der Waals surface area contributed by atoms with Gasteiger partial charge in [0.2, 0.25) is 5.91 Å². The molecule has 0 radical (unpaired) electrons. The van der Waals surface area contributed by atoms with Crippen LogP contribution in [0.5, 0.6) is 0 Å². The zero-order valence-electron chi connectivity index (χ0n) is 19.4. The molecule has 180 valence electrons. The summed E-state index contributed by atoms with van der Waals surface area (Å²) in [5.74, 6) is -0.939. The van der Waals surface area contributed by atoms with Gasteiger partial charge in [-0.05, 0) is 36.5 Å². The van der Waals surface area contributed by atoms with Crippen LogP contribution in [0.15, 0.2) is 54.9 Å². The Labute approximate surface area is 198 Å². The molecule has 0 spiro atoms. The van der Waals surface area contributed by atoms with Gasteiger partial charge in [0, 0.05) is 24.5 Å². The second-order valence-electron chi connectivity index (χ2n) is 8.67. The number of ketones is 1. The monoisotopic (exact) mass is 466 g/mol. The highest BCUT2D eigenvalue weighted by Gasteiger charge is 2.33. The highest BCUT2D eigenvalue weighted by Crippen LogP contribution is 2.12. The van der Waals surface area contributed by atoms with Crippen LogP contribution in [0.25, 0.3) is 0 Å². The number of pyridine rings is 1. The van der Waals surface area contributed by atoms with Crippen molar-refractivity contribution in [3.8, 4) is 0 Å². The van der Waals surface area contributed by atoms with E-state index in [4.69, 9.17) is 4.74 Å². The third-order valence-electron chi connectivity index (χ3n) is 5.47. The molecule has 1 saturated heterocycles. The van der Waals surface area contributed by atoms with Crippen molar-refractivity contribution in [1.29, 1.82) is 0 Å². The molecule has 2 heterocycles. The first-order chi connectivity index (χ1) is 16.3. The van der Waals surface area contributed by atoms with E-state index in [2.05, 4.69) is 15.6 Å². The molecule has 1 aromatic heterocycles. The second kappa shape index (κ2) is 11.9. The van der Waals surface area contributed by atoms with E-state index in [1.165, 1.54) is 17.3 Å². The van der Waals surface area contributed by atoms with Gasteiger partial charge in [-0.25, -0.2) is 4.79 Å². The fraction of sp³-hybridized carbons (Fsp3) is 0.400. The molecular formula is C25H30N4O5. The number of carbonyl (C=O) groups is 4. The van der Waals surface area contributed by atoms with Crippen LogP contribution in [0.4, 0.5) is 4.79 Å². The number of likely N-dealkylation sites (tertiary alicyclic amines) is 1. The summed E-state index contributed by atoms with van der Waals surface area (Å²) in [5.41, 5.74) is 1.25. The first-order valence-electron chi connectivity index (χ1n) is 11.3. The van der Waals surface area contributed by atoms with E-state index < -0.39 is 24.1 Å². The highest BCUT2D eigenvalue weighted by atomic mass is 16.6. The van der Waals surface area contributed by atoms with Crippen LogP contribution in [0.3, 0.4) is 0 Å². The Balaban J connectivity index is 1.53. The van der Waals surface area contributed by atoms with Crippen molar-refractivity contribution in [2.45, 2.75) is 45.4 Å². The summed E-state index contributed by atoms with van der Waals surface area (Å²) in [6.45, 7) is 4.16. The van der Waals surface area contributed by atoms with Gasteiger partial charge in [-0.2, -0.15) is 0 Å². The van der Waals surface area contributed by atoms with E-state index in [9.17, 15) is 19.2 Å². The number of piperidine rings is 1. The number of ether oxygens (including phenoxy) is 1. The molecule has 2 aromatic rings. The molecular weight excluding hydrogens is 436 g/mol.